The average Bonchev–Trinajstić information content (AvgIpc) is 3.75. The van der Waals surface area contributed by atoms with E-state index in [4.69, 9.17) is 10.2 Å². The highest BCUT2D eigenvalue weighted by Gasteiger charge is 2.42. The van der Waals surface area contributed by atoms with Crippen LogP contribution in [0.3, 0.4) is 0 Å². The average molecular weight is 1010 g/mol. The number of aryl methyl sites for hydroxylation is 3. The van der Waals surface area contributed by atoms with Crippen molar-refractivity contribution in [2.45, 2.75) is 124 Å². The Morgan fingerprint density at radius 1 is 0.889 bits per heavy atom. The summed E-state index contributed by atoms with van der Waals surface area (Å²) in [6.45, 7) is 17.6. The van der Waals surface area contributed by atoms with Gasteiger partial charge in [0.05, 0.1) is 41.3 Å². The van der Waals surface area contributed by atoms with Crippen LogP contribution in [0, 0.1) is 12.8 Å². The molecule has 2 saturated heterocycles. The maximum atomic E-state index is 14.5. The van der Waals surface area contributed by atoms with E-state index in [0.717, 1.165) is 78.2 Å². The van der Waals surface area contributed by atoms with E-state index in [1.54, 1.807) is 41.6 Å². The van der Waals surface area contributed by atoms with Crippen molar-refractivity contribution >= 4 is 47.5 Å². The molecule has 72 heavy (non-hydrogen) atoms. The van der Waals surface area contributed by atoms with Crippen molar-refractivity contribution in [3.63, 3.8) is 0 Å². The number of likely N-dealkylation sites (tertiary alicyclic amines) is 2. The fraction of sp³-hybridized carbons (Fsp3) is 0.509. The summed E-state index contributed by atoms with van der Waals surface area (Å²) in [7, 11) is 0. The van der Waals surface area contributed by atoms with E-state index in [-0.39, 0.29) is 23.9 Å². The van der Waals surface area contributed by atoms with Crippen LogP contribution in [-0.4, -0.2) is 127 Å². The smallest absolute Gasteiger partial charge is 0.264 e. The SMILES string of the molecule is CC(C)C.CCc1ncc(-c2cc3c(cc2C(F)F)N(c2nn(C4CN(C5CC5)C4)c4c2CN(C(C)=O)CC4)CCC3)cn1.Cc1ncsc1-c1ccc(CNC=O)cc1.O=CNCC(=O)N1CCC(O)C1. The van der Waals surface area contributed by atoms with E-state index in [0.29, 0.717) is 87.9 Å². The number of carbonyl (C=O) groups is 4. The van der Waals surface area contributed by atoms with E-state index >= 15 is 0 Å². The van der Waals surface area contributed by atoms with Gasteiger partial charge in [-0.1, -0.05) is 52.0 Å². The molecular formula is C53H69F2N11O5S. The quantitative estimate of drug-likeness (QED) is 0.102. The lowest BCUT2D eigenvalue weighted by Gasteiger charge is -2.40. The minimum Gasteiger partial charge on any atom is -0.391 e. The minimum atomic E-state index is -2.64. The zero-order valence-electron chi connectivity index (χ0n) is 42.3. The summed E-state index contributed by atoms with van der Waals surface area (Å²) >= 11 is 1.64. The number of aliphatic hydroxyl groups excluding tert-OH is 1. The first-order valence-electron chi connectivity index (χ1n) is 25.1. The highest BCUT2D eigenvalue weighted by atomic mass is 32.1. The number of benzene rings is 2. The lowest BCUT2D eigenvalue weighted by atomic mass is 9.92. The Labute approximate surface area is 425 Å². The number of aliphatic hydroxyl groups is 1. The van der Waals surface area contributed by atoms with Gasteiger partial charge in [0, 0.05) is 112 Å². The van der Waals surface area contributed by atoms with Crippen molar-refractivity contribution in [3.8, 4) is 21.6 Å². The highest BCUT2D eigenvalue weighted by Crippen LogP contribution is 2.44. The van der Waals surface area contributed by atoms with Gasteiger partial charge in [-0.15, -0.1) is 11.3 Å². The molecular weight excluding hydrogens is 941 g/mol. The number of amides is 4. The Bertz CT molecular complexity index is 2610. The maximum Gasteiger partial charge on any atom is 0.264 e. The van der Waals surface area contributed by atoms with Crippen molar-refractivity contribution in [1.29, 1.82) is 0 Å². The molecule has 0 bridgehead atoms. The van der Waals surface area contributed by atoms with E-state index in [1.165, 1.54) is 29.0 Å². The number of hydrogen-bond donors (Lipinski definition) is 3. The predicted molar refractivity (Wildman–Crippen MR) is 275 cm³/mol. The van der Waals surface area contributed by atoms with Crippen LogP contribution in [0.1, 0.15) is 112 Å². The van der Waals surface area contributed by atoms with Crippen LogP contribution >= 0.6 is 11.3 Å². The Morgan fingerprint density at radius 3 is 2.18 bits per heavy atom. The van der Waals surface area contributed by atoms with Crippen molar-refractivity contribution in [3.05, 3.63) is 93.8 Å². The van der Waals surface area contributed by atoms with Gasteiger partial charge in [0.1, 0.15) is 5.82 Å². The van der Waals surface area contributed by atoms with E-state index < -0.39 is 12.5 Å². The topological polar surface area (TPSA) is 182 Å². The van der Waals surface area contributed by atoms with Crippen molar-refractivity contribution in [1.82, 2.24) is 50.1 Å². The normalized spacial score (nSPS) is 17.3. The monoisotopic (exact) mass is 1010 g/mol. The molecule has 7 heterocycles. The number of fused-ring (bicyclic) bond motifs is 2. The molecule has 1 atom stereocenters. The number of aromatic nitrogens is 5. The van der Waals surface area contributed by atoms with Gasteiger partial charge >= 0.3 is 0 Å². The number of alkyl halides is 2. The van der Waals surface area contributed by atoms with Crippen LogP contribution in [0.4, 0.5) is 20.3 Å². The molecule has 0 radical (unpaired) electrons. The zero-order valence-corrected chi connectivity index (χ0v) is 43.1. The Kier molecular flexibility index (Phi) is 18.6. The molecule has 2 aromatic carbocycles. The van der Waals surface area contributed by atoms with Crippen molar-refractivity contribution in [2.24, 2.45) is 5.92 Å². The van der Waals surface area contributed by atoms with Crippen LogP contribution in [0.15, 0.2) is 54.3 Å². The molecule has 5 aliphatic rings. The van der Waals surface area contributed by atoms with Gasteiger partial charge in [0.2, 0.25) is 24.6 Å². The van der Waals surface area contributed by atoms with Gasteiger partial charge in [0.15, 0.2) is 5.82 Å². The second kappa shape index (κ2) is 25.0. The Hall–Kier alpha value is -6.18. The molecule has 3 aromatic heterocycles. The molecule has 0 spiro atoms. The van der Waals surface area contributed by atoms with Crippen LogP contribution in [0.5, 0.6) is 0 Å². The predicted octanol–water partition coefficient (Wildman–Crippen LogP) is 7.20. The number of β-amino-alcohol motifs (C(OH)–C–C–N with tert-alkyl or cyclic N) is 1. The van der Waals surface area contributed by atoms with Crippen molar-refractivity contribution < 1.29 is 33.1 Å². The number of nitrogens with zero attached hydrogens (tertiary/aromatic N) is 9. The number of anilines is 2. The molecule has 3 fully saturated rings. The van der Waals surface area contributed by atoms with Crippen LogP contribution in [0.2, 0.25) is 0 Å². The van der Waals surface area contributed by atoms with Gasteiger partial charge in [-0.3, -0.25) is 28.8 Å². The minimum absolute atomic E-state index is 0.0174. The molecule has 16 nitrogen and oxygen atoms in total. The fourth-order valence-electron chi connectivity index (χ4n) is 9.29. The molecule has 1 saturated carbocycles. The largest absolute Gasteiger partial charge is 0.391 e. The second-order valence-electron chi connectivity index (χ2n) is 19.6. The first-order chi connectivity index (χ1) is 34.7. The molecule has 3 N–H and O–H groups in total. The highest BCUT2D eigenvalue weighted by molar-refractivity contribution is 7.13. The lowest BCUT2D eigenvalue weighted by molar-refractivity contribution is -0.130. The summed E-state index contributed by atoms with van der Waals surface area (Å²) in [5.74, 6) is 2.25. The summed E-state index contributed by atoms with van der Waals surface area (Å²) in [6, 6.07) is 12.8. The molecule has 4 aliphatic heterocycles. The number of halogens is 2. The third kappa shape index (κ3) is 13.5. The molecule has 1 unspecified atom stereocenters. The summed E-state index contributed by atoms with van der Waals surface area (Å²) in [6.07, 6.45) is 7.82. The summed E-state index contributed by atoms with van der Waals surface area (Å²) in [5, 5.41) is 19.2. The van der Waals surface area contributed by atoms with Crippen LogP contribution < -0.4 is 15.5 Å². The fourth-order valence-corrected chi connectivity index (χ4v) is 10.1. The van der Waals surface area contributed by atoms with Gasteiger partial charge in [0.25, 0.3) is 6.43 Å². The zero-order chi connectivity index (χ0) is 51.5. The lowest BCUT2D eigenvalue weighted by Crippen LogP contribution is -2.49. The standard InChI is InChI=1S/C30H35F2N7O.C12H12N2OS.C7H12N2O3.C4H10/c1-3-28-33-13-20(14-34-28)23-11-19-5-4-9-38(27(19)12-24(23)29(31)32)30-25-17-36(18(2)40)10-8-26(25)39(35-30)22-15-37(16-22)21-6-7-21;1-9-12(16-8-14-9)11-4-2-10(3-5-11)6-13-7-15;10-5-8-3-7(12)9-2-1-6(11)4-9;1-4(2)3/h11-14,21-22,29H,3-10,15-17H2,1-2H3;2-5,7-8H,6H2,1H3,(H,13,15);5-6,11H,1-4H2,(H,8,10);4H,1-3H3. The second-order valence-corrected chi connectivity index (χ2v) is 20.4. The summed E-state index contributed by atoms with van der Waals surface area (Å²) in [4.78, 5) is 65.7. The van der Waals surface area contributed by atoms with Crippen molar-refractivity contribution in [2.75, 3.05) is 50.7 Å². The van der Waals surface area contributed by atoms with E-state index in [9.17, 15) is 28.0 Å². The molecule has 19 heteroatoms. The summed E-state index contributed by atoms with van der Waals surface area (Å²) in [5.41, 5.74) is 10.3. The van der Waals surface area contributed by atoms with Gasteiger partial charge in [-0.05, 0) is 79.3 Å². The summed E-state index contributed by atoms with van der Waals surface area (Å²) < 4.78 is 31.2. The number of thiazole rings is 1. The Morgan fingerprint density at radius 2 is 1.60 bits per heavy atom. The van der Waals surface area contributed by atoms with E-state index in [1.807, 2.05) is 42.5 Å². The van der Waals surface area contributed by atoms with Gasteiger partial charge in [-0.2, -0.15) is 5.10 Å². The third-order valence-corrected chi connectivity index (χ3v) is 14.2. The maximum absolute atomic E-state index is 14.5. The number of carbonyl (C=O) groups excluding carboxylic acids is 4. The number of hydrogen-bond acceptors (Lipinski definition) is 12. The first-order valence-corrected chi connectivity index (χ1v) is 26.0. The number of rotatable bonds is 13. The van der Waals surface area contributed by atoms with E-state index in [2.05, 4.69) is 73.0 Å². The molecule has 10 rings (SSSR count). The van der Waals surface area contributed by atoms with Crippen LogP contribution in [0.25, 0.3) is 21.6 Å². The van der Waals surface area contributed by atoms with Gasteiger partial charge < -0.3 is 30.4 Å². The molecule has 1 aliphatic carbocycles. The number of nitrogens with one attached hydrogen (secondary N) is 2. The molecule has 386 valence electrons. The van der Waals surface area contributed by atoms with Crippen LogP contribution in [-0.2, 0) is 51.5 Å². The molecule has 4 amide bonds. The third-order valence-electron chi connectivity index (χ3n) is 13.2. The Balaban J connectivity index is 0.000000194. The first kappa shape index (κ1) is 53.6. The molecule has 5 aromatic rings. The van der Waals surface area contributed by atoms with Gasteiger partial charge in [-0.25, -0.2) is 23.7 Å².